The third-order valence-corrected chi connectivity index (χ3v) is 8.58. The minimum atomic E-state index is -2.44. The molecule has 1 aliphatic carbocycles. The zero-order chi connectivity index (χ0) is 41.5. The van der Waals surface area contributed by atoms with Crippen molar-refractivity contribution >= 4 is 47.8 Å². The van der Waals surface area contributed by atoms with Crippen molar-refractivity contribution in [2.45, 2.75) is 103 Å². The molecular weight excluding hydrogens is 752 g/mol. The Bertz CT molecular complexity index is 1700. The van der Waals surface area contributed by atoms with Gasteiger partial charge in [-0.3, -0.25) is 33.6 Å². The van der Waals surface area contributed by atoms with Crippen LogP contribution in [0.15, 0.2) is 36.6 Å². The summed E-state index contributed by atoms with van der Waals surface area (Å²) < 4.78 is 61.1. The van der Waals surface area contributed by atoms with Crippen molar-refractivity contribution in [3.63, 3.8) is 0 Å². The van der Waals surface area contributed by atoms with Crippen molar-refractivity contribution in [3.8, 4) is 5.75 Å². The molecule has 1 aromatic carbocycles. The van der Waals surface area contributed by atoms with E-state index in [0.717, 1.165) is 47.8 Å². The van der Waals surface area contributed by atoms with E-state index in [2.05, 4.69) is 0 Å². The number of esters is 8. The van der Waals surface area contributed by atoms with E-state index in [1.54, 1.807) is 0 Å². The Morgan fingerprint density at radius 1 is 0.643 bits per heavy atom. The molecule has 0 amide bonds. The van der Waals surface area contributed by atoms with Crippen LogP contribution in [0.4, 0.5) is 0 Å². The first kappa shape index (κ1) is 43.1. The monoisotopic (exact) mass is 794 g/mol. The fourth-order valence-electron chi connectivity index (χ4n) is 6.61. The first-order valence-corrected chi connectivity index (χ1v) is 17.1. The van der Waals surface area contributed by atoms with Crippen molar-refractivity contribution < 1.29 is 95.6 Å². The third kappa shape index (κ3) is 10.6. The number of hydrogen-bond donors (Lipinski definition) is 1. The van der Waals surface area contributed by atoms with Crippen LogP contribution in [0.2, 0.25) is 0 Å². The zero-order valence-corrected chi connectivity index (χ0v) is 31.4. The molecule has 0 bridgehead atoms. The number of rotatable bonds is 13. The maximum Gasteiger partial charge on any atom is 0.338 e. The predicted octanol–water partition coefficient (Wildman–Crippen LogP) is 0.579. The smallest absolute Gasteiger partial charge is 0.338 e. The number of aliphatic hydroxyl groups is 1. The van der Waals surface area contributed by atoms with Gasteiger partial charge >= 0.3 is 47.8 Å². The van der Waals surface area contributed by atoms with Crippen molar-refractivity contribution in [1.29, 1.82) is 0 Å². The molecule has 1 saturated carbocycles. The maximum atomic E-state index is 13.5. The van der Waals surface area contributed by atoms with Crippen LogP contribution in [-0.2, 0) is 80.9 Å². The fraction of sp³-hybridized carbons (Fsp3) is 0.556. The highest BCUT2D eigenvalue weighted by molar-refractivity contribution is 5.90. The molecule has 2 aliphatic heterocycles. The molecule has 11 atom stereocenters. The van der Waals surface area contributed by atoms with Gasteiger partial charge in [-0.1, -0.05) is 0 Å². The van der Waals surface area contributed by atoms with Gasteiger partial charge in [-0.15, -0.1) is 0 Å². The highest BCUT2D eigenvalue weighted by Gasteiger charge is 2.68. The van der Waals surface area contributed by atoms with Crippen LogP contribution in [0.3, 0.4) is 0 Å². The zero-order valence-electron chi connectivity index (χ0n) is 31.4. The lowest BCUT2D eigenvalue weighted by molar-refractivity contribution is -0.350. The van der Waals surface area contributed by atoms with Gasteiger partial charge in [0.05, 0.1) is 17.7 Å². The molecule has 1 aromatic rings. The minimum Gasteiger partial charge on any atom is -0.472 e. The van der Waals surface area contributed by atoms with Gasteiger partial charge in [-0.25, -0.2) is 4.79 Å². The molecular formula is C36H42O20. The van der Waals surface area contributed by atoms with Crippen molar-refractivity contribution in [3.05, 3.63) is 42.2 Å². The van der Waals surface area contributed by atoms with Gasteiger partial charge in [0.1, 0.15) is 36.8 Å². The highest BCUT2D eigenvalue weighted by atomic mass is 16.8. The molecule has 1 N–H and O–H groups in total. The van der Waals surface area contributed by atoms with Crippen LogP contribution in [0.1, 0.15) is 58.8 Å². The van der Waals surface area contributed by atoms with Gasteiger partial charge in [-0.2, -0.15) is 0 Å². The molecule has 306 valence electrons. The SMILES string of the molecule is CC(=O)OC[C@H]1O[C@@H](O[C@H]2OC=C[C@H]3[C@H](OC(=O)c4ccc(OC(C)=O)cc4)[C@@H](OC(C)=O)[C@@](O)(COC(C)=O)[C@@H]23)[C@H](OC(C)=O)[C@@H](OC(C)=O)[C@@H]1OC(C)=O. The molecule has 0 aromatic heterocycles. The van der Waals surface area contributed by atoms with Gasteiger partial charge < -0.3 is 57.2 Å². The molecule has 20 heteroatoms. The lowest BCUT2D eigenvalue weighted by Gasteiger charge is -2.46. The van der Waals surface area contributed by atoms with E-state index < -0.39 is 128 Å². The Kier molecular flexibility index (Phi) is 14.1. The normalized spacial score (nSPS) is 30.3. The van der Waals surface area contributed by atoms with Crippen molar-refractivity contribution in [1.82, 2.24) is 0 Å². The van der Waals surface area contributed by atoms with Crippen LogP contribution in [0.25, 0.3) is 0 Å². The summed E-state index contributed by atoms with van der Waals surface area (Å²) in [5.74, 6) is -9.25. The molecule has 2 fully saturated rings. The summed E-state index contributed by atoms with van der Waals surface area (Å²) in [6.07, 6.45) is -10.6. The van der Waals surface area contributed by atoms with Crippen LogP contribution in [0.5, 0.6) is 5.75 Å². The van der Waals surface area contributed by atoms with Crippen LogP contribution in [0, 0.1) is 11.8 Å². The molecule has 1 saturated heterocycles. The van der Waals surface area contributed by atoms with E-state index in [-0.39, 0.29) is 11.3 Å². The summed E-state index contributed by atoms with van der Waals surface area (Å²) in [4.78, 5) is 98.2. The average Bonchev–Trinajstić information content (AvgIpc) is 3.31. The lowest BCUT2D eigenvalue weighted by atomic mass is 9.83. The van der Waals surface area contributed by atoms with Crippen molar-refractivity contribution in [2.75, 3.05) is 13.2 Å². The number of carbonyl (C=O) groups excluding carboxylic acids is 8. The highest BCUT2D eigenvalue weighted by Crippen LogP contribution is 2.50. The summed E-state index contributed by atoms with van der Waals surface area (Å²) in [7, 11) is 0. The molecule has 56 heavy (non-hydrogen) atoms. The number of carbonyl (C=O) groups is 8. The number of fused-ring (bicyclic) bond motifs is 1. The predicted molar refractivity (Wildman–Crippen MR) is 178 cm³/mol. The van der Waals surface area contributed by atoms with Gasteiger partial charge in [0.2, 0.25) is 12.6 Å². The quantitative estimate of drug-likeness (QED) is 0.163. The summed E-state index contributed by atoms with van der Waals surface area (Å²) in [5, 5.41) is 12.4. The second-order valence-electron chi connectivity index (χ2n) is 12.9. The standard InChI is InChI=1S/C36H42O20/c1-16(37)47-14-26-29(50-19(4)40)30(51-20(5)41)31(52-21(6)42)35(54-26)56-34-27-25(12-13-46-34)28(32(53-22(7)43)36(27,45)15-48-17(2)38)55-33(44)23-8-10-24(11-9-23)49-18(3)39/h8-13,25-32,34-35,45H,14-15H2,1-7H3/t25-,26-,27-,28+,29-,30+,31-,32-,34-,35+,36-/m1/s1. The summed E-state index contributed by atoms with van der Waals surface area (Å²) in [6, 6.07) is 5.27. The van der Waals surface area contributed by atoms with Gasteiger partial charge in [0.15, 0.2) is 24.4 Å². The molecule has 0 unspecified atom stereocenters. The Morgan fingerprint density at radius 3 is 1.77 bits per heavy atom. The van der Waals surface area contributed by atoms with E-state index in [1.807, 2.05) is 0 Å². The Morgan fingerprint density at radius 2 is 1.21 bits per heavy atom. The second-order valence-corrected chi connectivity index (χ2v) is 12.9. The first-order chi connectivity index (χ1) is 26.3. The second kappa shape index (κ2) is 18.4. The fourth-order valence-corrected chi connectivity index (χ4v) is 6.61. The maximum absolute atomic E-state index is 13.5. The number of hydrogen-bond acceptors (Lipinski definition) is 20. The molecule has 20 nitrogen and oxygen atoms in total. The largest absolute Gasteiger partial charge is 0.472 e. The molecule has 4 rings (SSSR count). The minimum absolute atomic E-state index is 0.0317. The van der Waals surface area contributed by atoms with Crippen LogP contribution >= 0.6 is 0 Å². The number of ether oxygens (including phenoxy) is 11. The third-order valence-electron chi connectivity index (χ3n) is 8.58. The van der Waals surface area contributed by atoms with E-state index >= 15 is 0 Å². The molecule has 0 radical (unpaired) electrons. The van der Waals surface area contributed by atoms with Gasteiger partial charge in [-0.05, 0) is 30.3 Å². The Labute approximate surface area is 319 Å². The van der Waals surface area contributed by atoms with Gasteiger partial charge in [0.25, 0.3) is 0 Å². The Hall–Kier alpha value is -5.60. The summed E-state index contributed by atoms with van der Waals surface area (Å²) in [6.45, 7) is 6.02. The van der Waals surface area contributed by atoms with Gasteiger partial charge in [0, 0.05) is 54.4 Å². The van der Waals surface area contributed by atoms with Crippen molar-refractivity contribution in [2.24, 2.45) is 11.8 Å². The molecule has 2 heterocycles. The first-order valence-electron chi connectivity index (χ1n) is 17.1. The average molecular weight is 795 g/mol. The van der Waals surface area contributed by atoms with E-state index in [4.69, 9.17) is 52.1 Å². The van der Waals surface area contributed by atoms with E-state index in [1.165, 1.54) is 37.3 Å². The Balaban J connectivity index is 1.78. The summed E-state index contributed by atoms with van der Waals surface area (Å²) >= 11 is 0. The van der Waals surface area contributed by atoms with Crippen LogP contribution < -0.4 is 4.74 Å². The number of benzene rings is 1. The topological polar surface area (TPSA) is 258 Å². The van der Waals surface area contributed by atoms with E-state index in [0.29, 0.717) is 0 Å². The molecule has 0 spiro atoms. The van der Waals surface area contributed by atoms with E-state index in [9.17, 15) is 43.5 Å². The van der Waals surface area contributed by atoms with Crippen LogP contribution in [-0.4, -0.2) is 121 Å². The summed E-state index contributed by atoms with van der Waals surface area (Å²) in [5.41, 5.74) is -2.48. The molecule has 3 aliphatic rings. The lowest BCUT2D eigenvalue weighted by Crippen LogP contribution is -2.64.